The van der Waals surface area contributed by atoms with Crippen molar-refractivity contribution in [2.45, 2.75) is 25.2 Å². The summed E-state index contributed by atoms with van der Waals surface area (Å²) in [5, 5.41) is -0.767. The monoisotopic (exact) mass is 766 g/mol. The highest BCUT2D eigenvalue weighted by molar-refractivity contribution is 6.25. The molecule has 0 amide bonds. The molecule has 9 aromatic rings. The van der Waals surface area contributed by atoms with E-state index in [0.717, 1.165) is 33.4 Å². The van der Waals surface area contributed by atoms with E-state index in [1.165, 1.54) is 0 Å². The van der Waals surface area contributed by atoms with Crippen molar-refractivity contribution >= 4 is 50.0 Å². The largest absolute Gasteiger partial charge is 0.0761 e. The van der Waals surface area contributed by atoms with Crippen LogP contribution in [0.5, 0.6) is 0 Å². The van der Waals surface area contributed by atoms with Gasteiger partial charge in [0.15, 0.2) is 0 Å². The summed E-state index contributed by atoms with van der Waals surface area (Å²) in [7, 11) is 0. The minimum atomic E-state index is -1.33. The standard InChI is InChI=1S/C59H40/c1-59(2)53-33-42(35-8-4-3-5-9-35)22-26-49(53)50-27-23-43(34-54(50)59)44-30-45(47-24-18-40-16-14-36-10-6-12-38-20-28-51(47)57(40)55(36)38)32-46(31-44)48-25-19-41-17-15-37-11-7-13-39-21-29-52(48)58(41)56(37)39/h3-34,40,57H,1-2H3/i6D,7D,10D,11D,12D,13D,14D,15D,16D,17D,18D,19D,20D,21D,24D,25D,28D,29D. The Morgan fingerprint density at radius 3 is 1.88 bits per heavy atom. The highest BCUT2D eigenvalue weighted by Gasteiger charge is 2.37. The molecule has 0 fully saturated rings. The minimum absolute atomic E-state index is 0.00750. The quantitative estimate of drug-likeness (QED) is 0.157. The molecule has 4 aliphatic rings. The van der Waals surface area contributed by atoms with Gasteiger partial charge in [-0.25, -0.2) is 0 Å². The molecule has 13 rings (SSSR count). The Kier molecular flexibility index (Phi) is 4.09. The molecule has 0 aromatic heterocycles. The molecule has 2 unspecified atom stereocenters. The first-order chi connectivity index (χ1) is 36.5. The summed E-state index contributed by atoms with van der Waals surface area (Å²) in [6.07, 6.45) is 0. The Balaban J connectivity index is 1.14. The molecular weight excluding hydrogens is 709 g/mol. The molecule has 59 heavy (non-hydrogen) atoms. The molecule has 0 bridgehead atoms. The number of fused-ring (bicyclic) bond motifs is 3. The lowest BCUT2D eigenvalue weighted by atomic mass is 9.67. The smallest absolute Gasteiger partial charge is 0.0630 e. The number of allylic oxidation sites excluding steroid dienone is 6. The van der Waals surface area contributed by atoms with Gasteiger partial charge in [0, 0.05) is 17.3 Å². The van der Waals surface area contributed by atoms with Crippen LogP contribution >= 0.6 is 0 Å². The molecular formula is C59H40. The molecule has 0 nitrogen and oxygen atoms in total. The van der Waals surface area contributed by atoms with Gasteiger partial charge in [-0.1, -0.05) is 177 Å². The van der Waals surface area contributed by atoms with Crippen LogP contribution in [-0.2, 0) is 5.41 Å². The first-order valence-corrected chi connectivity index (χ1v) is 19.6. The molecule has 9 aromatic carbocycles. The van der Waals surface area contributed by atoms with E-state index in [-0.39, 0.29) is 76.8 Å². The summed E-state index contributed by atoms with van der Waals surface area (Å²) in [4.78, 5) is 0. The Morgan fingerprint density at radius 1 is 0.475 bits per heavy atom. The molecule has 0 radical (unpaired) electrons. The van der Waals surface area contributed by atoms with E-state index in [9.17, 15) is 13.7 Å². The summed E-state index contributed by atoms with van der Waals surface area (Å²) >= 11 is 0. The molecule has 0 heterocycles. The van der Waals surface area contributed by atoms with Crippen LogP contribution in [0.1, 0.15) is 77.8 Å². The van der Waals surface area contributed by atoms with E-state index in [0.29, 0.717) is 11.1 Å². The third kappa shape index (κ3) is 4.72. The van der Waals surface area contributed by atoms with Crippen LogP contribution in [0, 0.1) is 5.92 Å². The van der Waals surface area contributed by atoms with Gasteiger partial charge in [0.1, 0.15) is 0 Å². The number of rotatable bonds is 4. The lowest BCUT2D eigenvalue weighted by molar-refractivity contribution is 0.661. The first kappa shape index (κ1) is 20.1. The van der Waals surface area contributed by atoms with Gasteiger partial charge >= 0.3 is 0 Å². The van der Waals surface area contributed by atoms with E-state index < -0.39 is 126 Å². The Hall–Kier alpha value is -7.02. The average Bonchev–Trinajstić information content (AvgIpc) is 3.65. The molecule has 0 N–H and O–H groups in total. The lowest BCUT2D eigenvalue weighted by Gasteiger charge is -2.37. The zero-order valence-electron chi connectivity index (χ0n) is 49.7. The molecule has 0 saturated carbocycles. The third-order valence-electron chi connectivity index (χ3n) is 12.6. The van der Waals surface area contributed by atoms with E-state index in [4.69, 9.17) is 11.0 Å². The molecule has 2 atom stereocenters. The first-order valence-electron chi connectivity index (χ1n) is 28.6. The Labute approximate surface area is 370 Å². The molecule has 0 saturated heterocycles. The number of hydrogen-bond donors (Lipinski definition) is 0. The zero-order chi connectivity index (χ0) is 54.6. The average molecular weight is 767 g/mol. The second-order valence-corrected chi connectivity index (χ2v) is 16.1. The maximum absolute atomic E-state index is 9.82. The van der Waals surface area contributed by atoms with Gasteiger partial charge in [0.05, 0.1) is 24.7 Å². The molecule has 276 valence electrons. The molecule has 0 heteroatoms. The maximum atomic E-state index is 9.82. The van der Waals surface area contributed by atoms with Crippen molar-refractivity contribution in [1.82, 2.24) is 0 Å². The van der Waals surface area contributed by atoms with Crippen molar-refractivity contribution < 1.29 is 24.7 Å². The summed E-state index contributed by atoms with van der Waals surface area (Å²) in [6.45, 7) is 4.28. The molecule has 0 aliphatic heterocycles. The maximum Gasteiger partial charge on any atom is 0.0630 e. The summed E-state index contributed by atoms with van der Waals surface area (Å²) in [5.74, 6) is -2.53. The van der Waals surface area contributed by atoms with Crippen LogP contribution < -0.4 is 0 Å². The van der Waals surface area contributed by atoms with Crippen LogP contribution in [-0.4, -0.2) is 0 Å². The second-order valence-electron chi connectivity index (χ2n) is 16.1. The lowest BCUT2D eigenvalue weighted by Crippen LogP contribution is -2.21. The van der Waals surface area contributed by atoms with Crippen LogP contribution in [0.15, 0.2) is 187 Å². The third-order valence-corrected chi connectivity index (χ3v) is 12.6. The van der Waals surface area contributed by atoms with E-state index in [1.807, 2.05) is 36.4 Å². The van der Waals surface area contributed by atoms with Crippen molar-refractivity contribution in [3.63, 3.8) is 0 Å². The fourth-order valence-electron chi connectivity index (χ4n) is 9.71. The van der Waals surface area contributed by atoms with Crippen LogP contribution in [0.3, 0.4) is 0 Å². The molecule has 4 aliphatic carbocycles. The fraction of sp³-hybridized carbons (Fsp3) is 0.0847. The van der Waals surface area contributed by atoms with Crippen molar-refractivity contribution in [3.05, 3.63) is 221 Å². The number of hydrogen-bond acceptors (Lipinski definition) is 0. The van der Waals surface area contributed by atoms with Crippen molar-refractivity contribution in [1.29, 1.82) is 0 Å². The van der Waals surface area contributed by atoms with Gasteiger partial charge in [-0.15, -0.1) is 0 Å². The van der Waals surface area contributed by atoms with Crippen molar-refractivity contribution in [2.24, 2.45) is 5.92 Å². The van der Waals surface area contributed by atoms with Gasteiger partial charge in [-0.3, -0.25) is 0 Å². The summed E-state index contributed by atoms with van der Waals surface area (Å²) in [5.41, 5.74) is 6.80. The van der Waals surface area contributed by atoms with E-state index >= 15 is 0 Å². The SMILES string of the molecule is [2H]C1=C([2H])c2c([2H])c([2H])c([2H])c3c2C2C1=C(c1cc(-c4ccc5c(c4)C(C)(C)c4cc(-c6ccccc6)ccc4-5)cc(-c4c([2H])c([2H])c5c([2H])c([2H])c6c([2H])c([2H])c([2H])c7c([2H])c([2H])c4c5c67)c1)C([2H])=C([2H])C2C([2H])=C3[2H]. The van der Waals surface area contributed by atoms with Crippen LogP contribution in [0.4, 0.5) is 0 Å². The highest BCUT2D eigenvalue weighted by atomic mass is 14.4. The van der Waals surface area contributed by atoms with Crippen molar-refractivity contribution in [3.8, 4) is 44.5 Å². The zero-order valence-corrected chi connectivity index (χ0v) is 31.7. The summed E-state index contributed by atoms with van der Waals surface area (Å²) in [6, 6.07) is 18.4. The normalized spacial score (nSPS) is 23.2. The Bertz CT molecular complexity index is 4420. The van der Waals surface area contributed by atoms with E-state index in [1.54, 1.807) is 18.2 Å². The van der Waals surface area contributed by atoms with Gasteiger partial charge in [0.25, 0.3) is 0 Å². The molecule has 0 spiro atoms. The van der Waals surface area contributed by atoms with Gasteiger partial charge in [-0.05, 0) is 152 Å². The Morgan fingerprint density at radius 2 is 1.10 bits per heavy atom. The van der Waals surface area contributed by atoms with Gasteiger partial charge in [0.2, 0.25) is 0 Å². The highest BCUT2D eigenvalue weighted by Crippen LogP contribution is 2.53. The number of benzene rings is 9. The second kappa shape index (κ2) is 12.0. The van der Waals surface area contributed by atoms with Crippen molar-refractivity contribution in [2.75, 3.05) is 0 Å². The summed E-state index contributed by atoms with van der Waals surface area (Å²) < 4.78 is 166. The van der Waals surface area contributed by atoms with Crippen LogP contribution in [0.2, 0.25) is 0 Å². The van der Waals surface area contributed by atoms with Crippen LogP contribution in [0.25, 0.3) is 94.5 Å². The fourth-order valence-corrected chi connectivity index (χ4v) is 9.71. The predicted molar refractivity (Wildman–Crippen MR) is 251 cm³/mol. The topological polar surface area (TPSA) is 0 Å². The van der Waals surface area contributed by atoms with Gasteiger partial charge in [-0.2, -0.15) is 0 Å². The van der Waals surface area contributed by atoms with Gasteiger partial charge < -0.3 is 0 Å². The predicted octanol–water partition coefficient (Wildman–Crippen LogP) is 15.7. The van der Waals surface area contributed by atoms with E-state index in [2.05, 4.69) is 44.2 Å². The minimum Gasteiger partial charge on any atom is -0.0761 e.